The molecule has 2 aromatic rings. The Bertz CT molecular complexity index is 993. The van der Waals surface area contributed by atoms with E-state index in [-0.39, 0.29) is 17.2 Å². The molecular weight excluding hydrogens is 465 g/mol. The Morgan fingerprint density at radius 3 is 2.38 bits per heavy atom. The van der Waals surface area contributed by atoms with E-state index in [1.165, 1.54) is 12.1 Å². The summed E-state index contributed by atoms with van der Waals surface area (Å²) in [5.74, 6) is -1.69. The van der Waals surface area contributed by atoms with Gasteiger partial charge in [-0.15, -0.1) is 0 Å². The van der Waals surface area contributed by atoms with E-state index in [9.17, 15) is 22.4 Å². The number of ether oxygens (including phenoxy) is 1. The van der Waals surface area contributed by atoms with E-state index >= 15 is 0 Å². The van der Waals surface area contributed by atoms with Crippen molar-refractivity contribution in [2.75, 3.05) is 13.2 Å². The minimum Gasteiger partial charge on any atom is -0.456 e. The molecule has 1 aliphatic rings. The Hall–Kier alpha value is -2.10. The molecule has 0 aliphatic carbocycles. The van der Waals surface area contributed by atoms with Crippen molar-refractivity contribution < 1.29 is 27.1 Å². The summed E-state index contributed by atoms with van der Waals surface area (Å²) in [5, 5.41) is 0. The standard InChI is InChI=1S/C20H19BrFNO5S/c21-15-6-4-14(5-7-15)19(24)13-28-20(25)18-3-1-2-12-23(18)29(26,27)17-10-8-16(22)9-11-17/h4-11,18H,1-3,12-13H2. The van der Waals surface area contributed by atoms with E-state index in [0.717, 1.165) is 20.9 Å². The van der Waals surface area contributed by atoms with Crippen LogP contribution in [0, 0.1) is 5.82 Å². The number of rotatable bonds is 6. The molecule has 0 radical (unpaired) electrons. The summed E-state index contributed by atoms with van der Waals surface area (Å²) in [6.07, 6.45) is 1.56. The first-order valence-electron chi connectivity index (χ1n) is 9.02. The highest BCUT2D eigenvalue weighted by Crippen LogP contribution is 2.26. The second-order valence-corrected chi connectivity index (χ2v) is 9.43. The highest BCUT2D eigenvalue weighted by atomic mass is 79.9. The Morgan fingerprint density at radius 2 is 1.72 bits per heavy atom. The summed E-state index contributed by atoms with van der Waals surface area (Å²) < 4.78 is 46.0. The highest BCUT2D eigenvalue weighted by Gasteiger charge is 2.38. The first kappa shape index (κ1) is 21.6. The molecule has 2 aromatic carbocycles. The number of esters is 1. The van der Waals surface area contributed by atoms with Crippen molar-refractivity contribution in [3.8, 4) is 0 Å². The minimum absolute atomic E-state index is 0.0930. The average Bonchev–Trinajstić information content (AvgIpc) is 2.72. The van der Waals surface area contributed by atoms with Crippen LogP contribution in [0.3, 0.4) is 0 Å². The monoisotopic (exact) mass is 483 g/mol. The predicted octanol–water partition coefficient (Wildman–Crippen LogP) is 3.56. The molecular formula is C20H19BrFNO5S. The molecule has 1 heterocycles. The summed E-state index contributed by atoms with van der Waals surface area (Å²) in [5.41, 5.74) is 0.389. The van der Waals surface area contributed by atoms with Crippen molar-refractivity contribution in [3.05, 3.63) is 64.4 Å². The van der Waals surface area contributed by atoms with Gasteiger partial charge in [-0.2, -0.15) is 4.31 Å². The van der Waals surface area contributed by atoms with Gasteiger partial charge in [-0.05, 0) is 55.7 Å². The predicted molar refractivity (Wildman–Crippen MR) is 107 cm³/mol. The van der Waals surface area contributed by atoms with Gasteiger partial charge in [0.25, 0.3) is 0 Å². The average molecular weight is 484 g/mol. The maximum Gasteiger partial charge on any atom is 0.324 e. The van der Waals surface area contributed by atoms with Crippen LogP contribution in [0.4, 0.5) is 4.39 Å². The third-order valence-corrected chi connectivity index (χ3v) is 7.11. The zero-order valence-corrected chi connectivity index (χ0v) is 17.8. The van der Waals surface area contributed by atoms with Crippen LogP contribution in [0.2, 0.25) is 0 Å². The van der Waals surface area contributed by atoms with Gasteiger partial charge in [0.05, 0.1) is 4.90 Å². The highest BCUT2D eigenvalue weighted by molar-refractivity contribution is 9.10. The smallest absolute Gasteiger partial charge is 0.324 e. The number of nitrogens with zero attached hydrogens (tertiary/aromatic N) is 1. The van der Waals surface area contributed by atoms with E-state index in [1.807, 2.05) is 0 Å². The van der Waals surface area contributed by atoms with Gasteiger partial charge in [0, 0.05) is 16.6 Å². The van der Waals surface area contributed by atoms with E-state index in [2.05, 4.69) is 15.9 Å². The molecule has 1 saturated heterocycles. The lowest BCUT2D eigenvalue weighted by molar-refractivity contribution is -0.148. The number of sulfonamides is 1. The van der Waals surface area contributed by atoms with E-state index < -0.39 is 34.5 Å². The maximum absolute atomic E-state index is 13.1. The summed E-state index contributed by atoms with van der Waals surface area (Å²) in [6.45, 7) is -0.318. The van der Waals surface area contributed by atoms with Crippen molar-refractivity contribution in [2.45, 2.75) is 30.2 Å². The van der Waals surface area contributed by atoms with Crippen LogP contribution >= 0.6 is 15.9 Å². The number of hydrogen-bond donors (Lipinski definition) is 0. The van der Waals surface area contributed by atoms with Crippen LogP contribution in [0.25, 0.3) is 0 Å². The molecule has 0 saturated carbocycles. The number of Topliss-reactive ketones (excluding diaryl/α,β-unsaturated/α-hetero) is 1. The van der Waals surface area contributed by atoms with Crippen LogP contribution in [0.15, 0.2) is 57.9 Å². The SMILES string of the molecule is O=C(COC(=O)C1CCCCN1S(=O)(=O)c1ccc(F)cc1)c1ccc(Br)cc1. The van der Waals surface area contributed by atoms with Crippen molar-refractivity contribution in [1.29, 1.82) is 0 Å². The lowest BCUT2D eigenvalue weighted by Gasteiger charge is -2.32. The van der Waals surface area contributed by atoms with Gasteiger partial charge in [-0.25, -0.2) is 12.8 Å². The molecule has 6 nitrogen and oxygen atoms in total. The minimum atomic E-state index is -3.99. The third-order valence-electron chi connectivity index (χ3n) is 4.66. The molecule has 1 atom stereocenters. The Labute approximate surface area is 176 Å². The molecule has 0 bridgehead atoms. The second kappa shape index (κ2) is 9.15. The molecule has 1 fully saturated rings. The van der Waals surface area contributed by atoms with Crippen LogP contribution in [-0.4, -0.2) is 43.7 Å². The number of hydrogen-bond acceptors (Lipinski definition) is 5. The van der Waals surface area contributed by atoms with Crippen LogP contribution in [0.5, 0.6) is 0 Å². The van der Waals surface area contributed by atoms with Crippen LogP contribution in [-0.2, 0) is 19.6 Å². The largest absolute Gasteiger partial charge is 0.456 e. The first-order valence-corrected chi connectivity index (χ1v) is 11.2. The van der Waals surface area contributed by atoms with Gasteiger partial charge in [0.1, 0.15) is 11.9 Å². The summed E-state index contributed by atoms with van der Waals surface area (Å²) in [6, 6.07) is 10.0. The maximum atomic E-state index is 13.1. The quantitative estimate of drug-likeness (QED) is 0.463. The topological polar surface area (TPSA) is 80.8 Å². The molecule has 1 aliphatic heterocycles. The third kappa shape index (κ3) is 5.09. The number of halogens is 2. The van der Waals surface area contributed by atoms with Crippen molar-refractivity contribution in [1.82, 2.24) is 4.31 Å². The van der Waals surface area contributed by atoms with Crippen LogP contribution in [0.1, 0.15) is 29.6 Å². The zero-order chi connectivity index (χ0) is 21.0. The fourth-order valence-electron chi connectivity index (χ4n) is 3.12. The molecule has 3 rings (SSSR count). The Balaban J connectivity index is 1.71. The van der Waals surface area contributed by atoms with Gasteiger partial charge in [-0.1, -0.05) is 28.1 Å². The fourth-order valence-corrected chi connectivity index (χ4v) is 5.03. The summed E-state index contributed by atoms with van der Waals surface area (Å²) in [7, 11) is -3.99. The number of benzene rings is 2. The van der Waals surface area contributed by atoms with Gasteiger partial charge in [0.2, 0.25) is 10.0 Å². The molecule has 154 valence electrons. The molecule has 9 heteroatoms. The van der Waals surface area contributed by atoms with Gasteiger partial charge in [0.15, 0.2) is 12.4 Å². The van der Waals surface area contributed by atoms with Gasteiger partial charge in [-0.3, -0.25) is 9.59 Å². The number of carbonyl (C=O) groups is 2. The molecule has 29 heavy (non-hydrogen) atoms. The number of piperidine rings is 1. The van der Waals surface area contributed by atoms with Crippen molar-refractivity contribution >= 4 is 37.7 Å². The second-order valence-electron chi connectivity index (χ2n) is 6.62. The van der Waals surface area contributed by atoms with Crippen molar-refractivity contribution in [3.63, 3.8) is 0 Å². The van der Waals surface area contributed by atoms with Crippen LogP contribution < -0.4 is 0 Å². The lowest BCUT2D eigenvalue weighted by Crippen LogP contribution is -2.48. The molecule has 0 aromatic heterocycles. The zero-order valence-electron chi connectivity index (χ0n) is 15.4. The normalized spacial score (nSPS) is 17.7. The summed E-state index contributed by atoms with van der Waals surface area (Å²) >= 11 is 3.28. The molecule has 0 N–H and O–H groups in total. The van der Waals surface area contributed by atoms with E-state index in [4.69, 9.17) is 4.74 Å². The first-order chi connectivity index (χ1) is 13.8. The van der Waals surface area contributed by atoms with Gasteiger partial charge >= 0.3 is 5.97 Å². The van der Waals surface area contributed by atoms with Crippen molar-refractivity contribution in [2.24, 2.45) is 0 Å². The summed E-state index contributed by atoms with van der Waals surface area (Å²) in [4.78, 5) is 24.7. The number of ketones is 1. The Morgan fingerprint density at radius 1 is 1.07 bits per heavy atom. The Kier molecular flexibility index (Phi) is 6.81. The van der Waals surface area contributed by atoms with E-state index in [1.54, 1.807) is 24.3 Å². The van der Waals surface area contributed by atoms with E-state index in [0.29, 0.717) is 24.8 Å². The van der Waals surface area contributed by atoms with Gasteiger partial charge < -0.3 is 4.74 Å². The molecule has 1 unspecified atom stereocenters. The lowest BCUT2D eigenvalue weighted by atomic mass is 10.1. The fraction of sp³-hybridized carbons (Fsp3) is 0.300. The molecule has 0 spiro atoms. The number of carbonyl (C=O) groups excluding carboxylic acids is 2. The molecule has 0 amide bonds.